The fraction of sp³-hybridized carbons (Fsp3) is 0.350. The Hall–Kier alpha value is -2.60. The van der Waals surface area contributed by atoms with E-state index in [1.807, 2.05) is 52.3 Å². The molecule has 6 nitrogen and oxygen atoms in total. The molecule has 0 spiro atoms. The molecular formula is C20H22ClN3O3. The second-order valence-corrected chi connectivity index (χ2v) is 7.03. The van der Waals surface area contributed by atoms with Crippen molar-refractivity contribution in [3.05, 3.63) is 47.5 Å². The summed E-state index contributed by atoms with van der Waals surface area (Å²) >= 11 is 6.11. The lowest BCUT2D eigenvalue weighted by Crippen LogP contribution is -2.51. The van der Waals surface area contributed by atoms with Crippen LogP contribution in [0.25, 0.3) is 0 Å². The SMILES string of the molecule is COc1cc(N2CCN(C(=O)CN3COc4ccccc43)CC2)ccc1Cl. The number of piperazine rings is 1. The number of amides is 1. The summed E-state index contributed by atoms with van der Waals surface area (Å²) in [5, 5.41) is 0.600. The van der Waals surface area contributed by atoms with Gasteiger partial charge >= 0.3 is 0 Å². The molecule has 2 aliphatic rings. The van der Waals surface area contributed by atoms with E-state index in [0.717, 1.165) is 30.2 Å². The first-order valence-corrected chi connectivity index (χ1v) is 9.36. The maximum absolute atomic E-state index is 12.7. The Balaban J connectivity index is 1.35. The Labute approximate surface area is 163 Å². The standard InChI is InChI=1S/C20H22ClN3O3/c1-26-19-12-15(6-7-16(19)21)22-8-10-23(11-9-22)20(25)13-24-14-27-18-5-3-2-4-17(18)24/h2-7,12H,8-11,13-14H2,1H3. The van der Waals surface area contributed by atoms with E-state index in [-0.39, 0.29) is 5.91 Å². The van der Waals surface area contributed by atoms with Crippen molar-refractivity contribution >= 4 is 28.9 Å². The average Bonchev–Trinajstić information content (AvgIpc) is 3.11. The van der Waals surface area contributed by atoms with E-state index in [4.69, 9.17) is 21.1 Å². The number of fused-ring (bicyclic) bond motifs is 1. The minimum Gasteiger partial charge on any atom is -0.495 e. The first kappa shape index (κ1) is 17.8. The summed E-state index contributed by atoms with van der Waals surface area (Å²) < 4.78 is 10.9. The molecule has 1 amide bonds. The summed E-state index contributed by atoms with van der Waals surface area (Å²) in [7, 11) is 1.61. The van der Waals surface area contributed by atoms with Gasteiger partial charge in [0.05, 0.1) is 17.8 Å². The topological polar surface area (TPSA) is 45.2 Å². The zero-order valence-electron chi connectivity index (χ0n) is 15.2. The second-order valence-electron chi connectivity index (χ2n) is 6.63. The normalized spacial score (nSPS) is 16.1. The smallest absolute Gasteiger partial charge is 0.242 e. The third-order valence-corrected chi connectivity index (χ3v) is 5.35. The molecule has 27 heavy (non-hydrogen) atoms. The van der Waals surface area contributed by atoms with Gasteiger partial charge in [-0.3, -0.25) is 4.79 Å². The van der Waals surface area contributed by atoms with E-state index >= 15 is 0 Å². The molecule has 1 saturated heterocycles. The fourth-order valence-corrected chi connectivity index (χ4v) is 3.71. The van der Waals surface area contributed by atoms with Crippen LogP contribution in [-0.2, 0) is 4.79 Å². The molecule has 0 saturated carbocycles. The molecule has 2 aromatic carbocycles. The summed E-state index contributed by atoms with van der Waals surface area (Å²) in [6, 6.07) is 13.6. The molecule has 142 valence electrons. The van der Waals surface area contributed by atoms with Crippen LogP contribution in [0.15, 0.2) is 42.5 Å². The lowest BCUT2D eigenvalue weighted by molar-refractivity contribution is -0.130. The Bertz CT molecular complexity index is 837. The van der Waals surface area contributed by atoms with E-state index < -0.39 is 0 Å². The molecule has 0 unspecified atom stereocenters. The van der Waals surface area contributed by atoms with Crippen LogP contribution in [0.5, 0.6) is 11.5 Å². The molecule has 4 rings (SSSR count). The highest BCUT2D eigenvalue weighted by Gasteiger charge is 2.26. The van der Waals surface area contributed by atoms with Gasteiger partial charge in [0.25, 0.3) is 0 Å². The van der Waals surface area contributed by atoms with Crippen molar-refractivity contribution in [1.82, 2.24) is 4.90 Å². The van der Waals surface area contributed by atoms with Crippen LogP contribution in [0, 0.1) is 0 Å². The number of nitrogens with zero attached hydrogens (tertiary/aromatic N) is 3. The van der Waals surface area contributed by atoms with E-state index in [9.17, 15) is 4.79 Å². The molecule has 2 heterocycles. The Morgan fingerprint density at radius 1 is 1.15 bits per heavy atom. The van der Waals surface area contributed by atoms with Gasteiger partial charge in [-0.25, -0.2) is 0 Å². The number of methoxy groups -OCH3 is 1. The molecule has 1 fully saturated rings. The number of anilines is 2. The maximum atomic E-state index is 12.7. The lowest BCUT2D eigenvalue weighted by atomic mass is 10.2. The number of para-hydroxylation sites is 2. The van der Waals surface area contributed by atoms with Crippen LogP contribution in [0.2, 0.25) is 5.02 Å². The van der Waals surface area contributed by atoms with Gasteiger partial charge in [0, 0.05) is 37.9 Å². The van der Waals surface area contributed by atoms with Crippen molar-refractivity contribution in [1.29, 1.82) is 0 Å². The van der Waals surface area contributed by atoms with Crippen molar-refractivity contribution < 1.29 is 14.3 Å². The van der Waals surface area contributed by atoms with Crippen LogP contribution < -0.4 is 19.3 Å². The number of carbonyl (C=O) groups excluding carboxylic acids is 1. The number of hydrogen-bond donors (Lipinski definition) is 0. The monoisotopic (exact) mass is 387 g/mol. The lowest BCUT2D eigenvalue weighted by Gasteiger charge is -2.37. The molecule has 0 N–H and O–H groups in total. The van der Waals surface area contributed by atoms with Gasteiger partial charge in [-0.2, -0.15) is 0 Å². The highest BCUT2D eigenvalue weighted by Crippen LogP contribution is 2.33. The van der Waals surface area contributed by atoms with Gasteiger partial charge in [-0.05, 0) is 24.3 Å². The molecular weight excluding hydrogens is 366 g/mol. The largest absolute Gasteiger partial charge is 0.495 e. The van der Waals surface area contributed by atoms with Crippen LogP contribution in [-0.4, -0.2) is 57.4 Å². The predicted molar refractivity (Wildman–Crippen MR) is 106 cm³/mol. The van der Waals surface area contributed by atoms with E-state index in [1.54, 1.807) is 7.11 Å². The number of halogens is 1. The summed E-state index contributed by atoms with van der Waals surface area (Å²) in [5.41, 5.74) is 2.04. The molecule has 0 aliphatic carbocycles. The molecule has 2 aliphatic heterocycles. The molecule has 7 heteroatoms. The number of rotatable bonds is 4. The van der Waals surface area contributed by atoms with Crippen LogP contribution in [0.1, 0.15) is 0 Å². The van der Waals surface area contributed by atoms with Gasteiger partial charge in [-0.15, -0.1) is 0 Å². The third kappa shape index (κ3) is 3.62. The second kappa shape index (κ2) is 7.56. The summed E-state index contributed by atoms with van der Waals surface area (Å²) in [5.74, 6) is 1.64. The van der Waals surface area contributed by atoms with Crippen molar-refractivity contribution in [3.8, 4) is 11.5 Å². The number of benzene rings is 2. The highest BCUT2D eigenvalue weighted by atomic mass is 35.5. The van der Waals surface area contributed by atoms with Crippen molar-refractivity contribution in [2.75, 3.05) is 56.4 Å². The summed E-state index contributed by atoms with van der Waals surface area (Å²) in [6.07, 6.45) is 0. The summed E-state index contributed by atoms with van der Waals surface area (Å²) in [4.78, 5) is 18.9. The van der Waals surface area contributed by atoms with E-state index in [1.165, 1.54) is 0 Å². The fourth-order valence-electron chi connectivity index (χ4n) is 3.51. The minimum absolute atomic E-state index is 0.128. The van der Waals surface area contributed by atoms with Crippen LogP contribution in [0.3, 0.4) is 0 Å². The van der Waals surface area contributed by atoms with Gasteiger partial charge in [0.15, 0.2) is 6.73 Å². The molecule has 2 aromatic rings. The molecule has 0 atom stereocenters. The first-order valence-electron chi connectivity index (χ1n) is 8.99. The van der Waals surface area contributed by atoms with Gasteiger partial charge in [-0.1, -0.05) is 23.7 Å². The van der Waals surface area contributed by atoms with E-state index in [0.29, 0.717) is 37.1 Å². The van der Waals surface area contributed by atoms with Crippen LogP contribution >= 0.6 is 11.6 Å². The zero-order chi connectivity index (χ0) is 18.8. The number of ether oxygens (including phenoxy) is 2. The predicted octanol–water partition coefficient (Wildman–Crippen LogP) is 2.85. The van der Waals surface area contributed by atoms with Crippen LogP contribution in [0.4, 0.5) is 11.4 Å². The van der Waals surface area contributed by atoms with Crippen molar-refractivity contribution in [2.24, 2.45) is 0 Å². The minimum atomic E-state index is 0.128. The Morgan fingerprint density at radius 2 is 1.93 bits per heavy atom. The zero-order valence-corrected chi connectivity index (χ0v) is 16.0. The van der Waals surface area contributed by atoms with Crippen molar-refractivity contribution in [2.45, 2.75) is 0 Å². The Kier molecular flexibility index (Phi) is 4.99. The summed E-state index contributed by atoms with van der Waals surface area (Å²) in [6.45, 7) is 3.72. The first-order chi connectivity index (χ1) is 13.2. The van der Waals surface area contributed by atoms with Crippen molar-refractivity contribution in [3.63, 3.8) is 0 Å². The quantitative estimate of drug-likeness (QED) is 0.807. The maximum Gasteiger partial charge on any atom is 0.242 e. The Morgan fingerprint density at radius 3 is 2.70 bits per heavy atom. The highest BCUT2D eigenvalue weighted by molar-refractivity contribution is 6.32. The van der Waals surface area contributed by atoms with Gasteiger partial charge < -0.3 is 24.2 Å². The van der Waals surface area contributed by atoms with E-state index in [2.05, 4.69) is 4.90 Å². The molecule has 0 radical (unpaired) electrons. The number of carbonyl (C=O) groups is 1. The molecule has 0 bridgehead atoms. The molecule has 0 aromatic heterocycles. The number of hydrogen-bond acceptors (Lipinski definition) is 5. The third-order valence-electron chi connectivity index (χ3n) is 5.04. The average molecular weight is 388 g/mol. The van der Waals surface area contributed by atoms with Gasteiger partial charge in [0.2, 0.25) is 5.91 Å². The van der Waals surface area contributed by atoms with Gasteiger partial charge in [0.1, 0.15) is 18.0 Å².